The highest BCUT2D eigenvalue weighted by Gasteiger charge is 2.14. The molecule has 0 saturated heterocycles. The Kier molecular flexibility index (Phi) is 7.76. The second-order valence-electron chi connectivity index (χ2n) is 6.07. The summed E-state index contributed by atoms with van der Waals surface area (Å²) in [5.74, 6) is 0.990. The zero-order valence-electron chi connectivity index (χ0n) is 14.5. The average molecular weight is 292 g/mol. The summed E-state index contributed by atoms with van der Waals surface area (Å²) in [6, 6.07) is 9.76. The summed E-state index contributed by atoms with van der Waals surface area (Å²) < 4.78 is 5.71. The van der Waals surface area contributed by atoms with Crippen molar-refractivity contribution in [2.24, 2.45) is 0 Å². The maximum Gasteiger partial charge on any atom is 0.124 e. The van der Waals surface area contributed by atoms with Crippen LogP contribution in [0.3, 0.4) is 0 Å². The molecule has 21 heavy (non-hydrogen) atoms. The zero-order chi connectivity index (χ0) is 15.8. The van der Waals surface area contributed by atoms with Gasteiger partial charge in [-0.05, 0) is 47.6 Å². The lowest BCUT2D eigenvalue weighted by atomic mass is 10.1. The fourth-order valence-electron chi connectivity index (χ4n) is 2.76. The normalized spacial score (nSPS) is 13.2. The summed E-state index contributed by atoms with van der Waals surface area (Å²) >= 11 is 0. The third-order valence-corrected chi connectivity index (χ3v) is 3.83. The average Bonchev–Trinajstić information content (AvgIpc) is 2.43. The van der Waals surface area contributed by atoms with Crippen LogP contribution in [0.15, 0.2) is 24.3 Å². The molecule has 1 aromatic carbocycles. The molecule has 1 atom stereocenters. The third kappa shape index (κ3) is 5.68. The van der Waals surface area contributed by atoms with Crippen LogP contribution in [-0.2, 0) is 0 Å². The van der Waals surface area contributed by atoms with Gasteiger partial charge in [0.05, 0.1) is 6.61 Å². The van der Waals surface area contributed by atoms with E-state index in [0.29, 0.717) is 24.7 Å². The molecule has 1 aromatic rings. The predicted octanol–water partition coefficient (Wildman–Crippen LogP) is 3.85. The number of nitrogens with one attached hydrogen (secondary N) is 1. The second kappa shape index (κ2) is 9.06. The fourth-order valence-corrected chi connectivity index (χ4v) is 2.76. The fraction of sp³-hybridized carbons (Fsp3) is 0.667. The monoisotopic (exact) mass is 292 g/mol. The van der Waals surface area contributed by atoms with E-state index in [0.717, 1.165) is 18.8 Å². The molecule has 1 rings (SSSR count). The molecule has 1 N–H and O–H groups in total. The molecule has 0 amide bonds. The Hall–Kier alpha value is -1.06. The molecule has 0 aliphatic carbocycles. The lowest BCUT2D eigenvalue weighted by Crippen LogP contribution is -2.41. The van der Waals surface area contributed by atoms with Crippen LogP contribution >= 0.6 is 0 Å². The highest BCUT2D eigenvalue weighted by molar-refractivity contribution is 5.35. The van der Waals surface area contributed by atoms with Crippen molar-refractivity contribution in [2.75, 3.05) is 19.7 Å². The van der Waals surface area contributed by atoms with E-state index in [1.807, 2.05) is 19.1 Å². The molecule has 120 valence electrons. The predicted molar refractivity (Wildman–Crippen MR) is 91.0 cm³/mol. The van der Waals surface area contributed by atoms with Crippen molar-refractivity contribution >= 4 is 0 Å². The molecular formula is C18H32N2O. The van der Waals surface area contributed by atoms with Gasteiger partial charge in [0.25, 0.3) is 0 Å². The van der Waals surface area contributed by atoms with E-state index < -0.39 is 0 Å². The molecule has 0 fully saturated rings. The number of para-hydroxylation sites is 1. The first-order chi connectivity index (χ1) is 9.97. The summed E-state index contributed by atoms with van der Waals surface area (Å²) in [6.07, 6.45) is 0. The van der Waals surface area contributed by atoms with Gasteiger partial charge in [-0.25, -0.2) is 0 Å². The van der Waals surface area contributed by atoms with Gasteiger partial charge in [0.15, 0.2) is 0 Å². The maximum absolute atomic E-state index is 5.71. The van der Waals surface area contributed by atoms with Crippen LogP contribution in [0.25, 0.3) is 0 Å². The number of hydrogen-bond acceptors (Lipinski definition) is 3. The summed E-state index contributed by atoms with van der Waals surface area (Å²) in [7, 11) is 0. The van der Waals surface area contributed by atoms with E-state index in [2.05, 4.69) is 57.0 Å². The lowest BCUT2D eigenvalue weighted by Gasteiger charge is -2.31. The van der Waals surface area contributed by atoms with Crippen LogP contribution in [0.4, 0.5) is 0 Å². The molecule has 0 bridgehead atoms. The van der Waals surface area contributed by atoms with Crippen molar-refractivity contribution in [3.05, 3.63) is 29.8 Å². The van der Waals surface area contributed by atoms with Gasteiger partial charge in [-0.15, -0.1) is 0 Å². The highest BCUT2D eigenvalue weighted by atomic mass is 16.5. The van der Waals surface area contributed by atoms with Crippen LogP contribution in [0, 0.1) is 0 Å². The van der Waals surface area contributed by atoms with Crippen LogP contribution in [0.2, 0.25) is 0 Å². The largest absolute Gasteiger partial charge is 0.494 e. The molecule has 0 aliphatic rings. The van der Waals surface area contributed by atoms with E-state index >= 15 is 0 Å². The Morgan fingerprint density at radius 3 is 2.24 bits per heavy atom. The Morgan fingerprint density at radius 1 is 1.05 bits per heavy atom. The Morgan fingerprint density at radius 2 is 1.67 bits per heavy atom. The molecule has 3 heteroatoms. The van der Waals surface area contributed by atoms with E-state index in [1.54, 1.807) is 0 Å². The number of ether oxygens (including phenoxy) is 1. The first kappa shape index (κ1) is 18.0. The molecule has 0 aliphatic heterocycles. The molecule has 0 spiro atoms. The smallest absolute Gasteiger partial charge is 0.124 e. The van der Waals surface area contributed by atoms with Crippen molar-refractivity contribution in [2.45, 2.75) is 59.7 Å². The van der Waals surface area contributed by atoms with Crippen molar-refractivity contribution in [3.8, 4) is 5.75 Å². The number of hydrogen-bond donors (Lipinski definition) is 1. The molecule has 0 heterocycles. The lowest BCUT2D eigenvalue weighted by molar-refractivity contribution is 0.174. The molecule has 0 radical (unpaired) electrons. The molecular weight excluding hydrogens is 260 g/mol. The molecule has 0 aromatic heterocycles. The van der Waals surface area contributed by atoms with Crippen LogP contribution in [-0.4, -0.2) is 36.7 Å². The van der Waals surface area contributed by atoms with Gasteiger partial charge in [0.1, 0.15) is 5.75 Å². The van der Waals surface area contributed by atoms with Crippen molar-refractivity contribution < 1.29 is 4.74 Å². The van der Waals surface area contributed by atoms with Gasteiger partial charge in [-0.3, -0.25) is 4.90 Å². The maximum atomic E-state index is 5.71. The Labute approximate surface area is 130 Å². The first-order valence-corrected chi connectivity index (χ1v) is 8.18. The minimum Gasteiger partial charge on any atom is -0.494 e. The third-order valence-electron chi connectivity index (χ3n) is 3.83. The highest BCUT2D eigenvalue weighted by Crippen LogP contribution is 2.24. The van der Waals surface area contributed by atoms with Crippen LogP contribution < -0.4 is 10.1 Å². The quantitative estimate of drug-likeness (QED) is 0.748. The SMILES string of the molecule is CCOc1ccccc1C(C)NCCN(C(C)C)C(C)C. The summed E-state index contributed by atoms with van der Waals surface area (Å²) in [4.78, 5) is 2.51. The van der Waals surface area contributed by atoms with Crippen LogP contribution in [0.5, 0.6) is 5.75 Å². The van der Waals surface area contributed by atoms with Crippen LogP contribution in [0.1, 0.15) is 53.1 Å². The topological polar surface area (TPSA) is 24.5 Å². The van der Waals surface area contributed by atoms with E-state index in [9.17, 15) is 0 Å². The zero-order valence-corrected chi connectivity index (χ0v) is 14.5. The number of rotatable bonds is 9. The van der Waals surface area contributed by atoms with Gasteiger partial charge < -0.3 is 10.1 Å². The summed E-state index contributed by atoms with van der Waals surface area (Å²) in [6.45, 7) is 16.0. The van der Waals surface area contributed by atoms with Gasteiger partial charge >= 0.3 is 0 Å². The Balaban J connectivity index is 2.56. The van der Waals surface area contributed by atoms with E-state index in [1.165, 1.54) is 5.56 Å². The minimum atomic E-state index is 0.300. The van der Waals surface area contributed by atoms with E-state index in [-0.39, 0.29) is 0 Å². The van der Waals surface area contributed by atoms with Crippen molar-refractivity contribution in [1.82, 2.24) is 10.2 Å². The molecule has 0 saturated carbocycles. The number of nitrogens with zero attached hydrogens (tertiary/aromatic N) is 1. The van der Waals surface area contributed by atoms with Crippen molar-refractivity contribution in [1.29, 1.82) is 0 Å². The van der Waals surface area contributed by atoms with Crippen molar-refractivity contribution in [3.63, 3.8) is 0 Å². The standard InChI is InChI=1S/C18H32N2O/c1-7-21-18-11-9-8-10-17(18)16(6)19-12-13-20(14(2)3)15(4)5/h8-11,14-16,19H,7,12-13H2,1-6H3. The summed E-state index contributed by atoms with van der Waals surface area (Å²) in [5, 5.41) is 3.62. The van der Waals surface area contributed by atoms with Gasteiger partial charge in [0, 0.05) is 36.8 Å². The molecule has 1 unspecified atom stereocenters. The summed E-state index contributed by atoms with van der Waals surface area (Å²) in [5.41, 5.74) is 1.24. The Bertz CT molecular complexity index is 396. The van der Waals surface area contributed by atoms with Gasteiger partial charge in [-0.2, -0.15) is 0 Å². The van der Waals surface area contributed by atoms with Gasteiger partial charge in [-0.1, -0.05) is 18.2 Å². The molecule has 3 nitrogen and oxygen atoms in total. The number of benzene rings is 1. The second-order valence-corrected chi connectivity index (χ2v) is 6.07. The minimum absolute atomic E-state index is 0.300. The van der Waals surface area contributed by atoms with Gasteiger partial charge in [0.2, 0.25) is 0 Å². The van der Waals surface area contributed by atoms with E-state index in [4.69, 9.17) is 4.74 Å². The first-order valence-electron chi connectivity index (χ1n) is 8.18.